The second-order valence-electron chi connectivity index (χ2n) is 7.96. The number of nitrogens with zero attached hydrogens (tertiary/aromatic N) is 1. The summed E-state index contributed by atoms with van der Waals surface area (Å²) >= 11 is 0. The highest BCUT2D eigenvalue weighted by Gasteiger charge is 2.43. The monoisotopic (exact) mass is 686 g/mol. The summed E-state index contributed by atoms with van der Waals surface area (Å²) in [6, 6.07) is 0. The smallest absolute Gasteiger partial charge is 0.390 e. The van der Waals surface area contributed by atoms with Gasteiger partial charge in [-0.25, -0.2) is 18.5 Å². The molecule has 1 aliphatic rings. The summed E-state index contributed by atoms with van der Waals surface area (Å²) in [6.07, 6.45) is 0.0148. The van der Waals surface area contributed by atoms with Gasteiger partial charge in [0.1, 0.15) is 12.3 Å². The molecule has 1 fully saturated rings. The van der Waals surface area contributed by atoms with Crippen LogP contribution in [0.25, 0.3) is 6.08 Å². The van der Waals surface area contributed by atoms with E-state index < -0.39 is 59.8 Å². The fraction of sp³-hybridized carbons (Fsp3) is 0.588. The minimum Gasteiger partial charge on any atom is -0.390 e. The van der Waals surface area contributed by atoms with Gasteiger partial charge in [0.15, 0.2) is 0 Å². The molecule has 1 aromatic heterocycles. The van der Waals surface area contributed by atoms with Gasteiger partial charge in [-0.15, -0.1) is 0 Å². The van der Waals surface area contributed by atoms with Crippen LogP contribution in [0.3, 0.4) is 0 Å². The zero-order valence-electron chi connectivity index (χ0n) is 20.9. The summed E-state index contributed by atoms with van der Waals surface area (Å²) in [5, 5.41) is 12.9. The molecule has 1 aliphatic heterocycles. The van der Waals surface area contributed by atoms with E-state index in [1.54, 1.807) is 10.8 Å². The third kappa shape index (κ3) is 13.4. The fourth-order valence-electron chi connectivity index (χ4n) is 3.09. The predicted octanol–water partition coefficient (Wildman–Crippen LogP) is -0.612. The first-order valence-corrected chi connectivity index (χ1v) is 18.4. The molecule has 0 aliphatic carbocycles. The zero-order valence-corrected chi connectivity index (χ0v) is 25.2. The number of carbonyl (C=O) groups is 1. The molecule has 2 heterocycles. The summed E-state index contributed by atoms with van der Waals surface area (Å²) in [5.74, 6) is 1.17. The molecule has 0 bridgehead atoms. The lowest BCUT2D eigenvalue weighted by molar-refractivity contribution is -0.120. The third-order valence-electron chi connectivity index (χ3n) is 4.74. The highest BCUT2D eigenvalue weighted by atomic mass is 33.1. The third-order valence-corrected chi connectivity index (χ3v) is 11.0. The summed E-state index contributed by atoms with van der Waals surface area (Å²) in [4.78, 5) is 74.4. The number of rotatable bonds is 17. The Morgan fingerprint density at radius 3 is 2.51 bits per heavy atom. The Labute approximate surface area is 239 Å². The Morgan fingerprint density at radius 2 is 1.85 bits per heavy atom. The standard InChI is InChI=1S/C17H29N4O15P3S2/c18-4-7-41-40-6-3-14(23)19-5-1-2-11-9-21(17(25)20-16(11)24)15-8-12(22)13(34-15)10-33-38(29,30)36-39(31,32)35-37(26,27)28/h1-2,9,12-13,15,22H,3-8,10,18H2,(H,19,23)(H,29,30)(H,31,32)(H,20,24,25)(H2,26,27,28)/b2-1+/t12-,13+,15+/m0/s1. The van der Waals surface area contributed by atoms with Crippen molar-refractivity contribution >= 4 is 57.0 Å². The average molecular weight is 686 g/mol. The normalized spacial score (nSPS) is 22.4. The van der Waals surface area contributed by atoms with Gasteiger partial charge in [-0.3, -0.25) is 23.7 Å². The molecule has 19 nitrogen and oxygen atoms in total. The molecule has 0 aromatic carbocycles. The average Bonchev–Trinajstić information content (AvgIpc) is 3.19. The van der Waals surface area contributed by atoms with Gasteiger partial charge in [0, 0.05) is 43.6 Å². The van der Waals surface area contributed by atoms with Crippen molar-refractivity contribution in [3.8, 4) is 0 Å². The molecule has 0 spiro atoms. The minimum atomic E-state index is -5.73. The van der Waals surface area contributed by atoms with Crippen LogP contribution >= 0.6 is 45.1 Å². The molecule has 41 heavy (non-hydrogen) atoms. The lowest BCUT2D eigenvalue weighted by Crippen LogP contribution is -2.33. The van der Waals surface area contributed by atoms with Crippen LogP contribution in [0, 0.1) is 0 Å². The van der Waals surface area contributed by atoms with Crippen molar-refractivity contribution in [3.05, 3.63) is 38.7 Å². The lowest BCUT2D eigenvalue weighted by atomic mass is 10.2. The number of nitrogens with one attached hydrogen (secondary N) is 2. The van der Waals surface area contributed by atoms with E-state index in [-0.39, 0.29) is 30.9 Å². The molecule has 5 atom stereocenters. The van der Waals surface area contributed by atoms with Crippen LogP contribution in [0.2, 0.25) is 0 Å². The number of H-pyrrole nitrogens is 1. The topological polar surface area (TPSA) is 299 Å². The Bertz CT molecular complexity index is 1330. The van der Waals surface area contributed by atoms with Crippen LogP contribution in [-0.4, -0.2) is 83.5 Å². The molecular formula is C17H29N4O15P3S2. The Morgan fingerprint density at radius 1 is 1.17 bits per heavy atom. The second kappa shape index (κ2) is 16.1. The van der Waals surface area contributed by atoms with Crippen molar-refractivity contribution in [2.45, 2.75) is 31.3 Å². The fourth-order valence-corrected chi connectivity index (χ4v) is 7.96. The maximum Gasteiger partial charge on any atom is 0.490 e. The molecule has 1 aromatic rings. The number of aliphatic hydroxyl groups excluding tert-OH is 1. The van der Waals surface area contributed by atoms with Gasteiger partial charge in [0.25, 0.3) is 5.56 Å². The Hall–Kier alpha value is -1.12. The number of hydrogen-bond donors (Lipinski definition) is 8. The van der Waals surface area contributed by atoms with Crippen LogP contribution in [0.5, 0.6) is 0 Å². The molecule has 1 saturated heterocycles. The number of phosphoric ester groups is 1. The van der Waals surface area contributed by atoms with E-state index in [0.29, 0.717) is 12.3 Å². The first kappa shape index (κ1) is 36.1. The van der Waals surface area contributed by atoms with Crippen LogP contribution in [0.1, 0.15) is 24.6 Å². The summed E-state index contributed by atoms with van der Waals surface area (Å²) in [7, 11) is -13.7. The van der Waals surface area contributed by atoms with Crippen LogP contribution in [-0.2, 0) is 36.4 Å². The molecule has 1 amide bonds. The molecule has 234 valence electrons. The number of carbonyl (C=O) groups excluding carboxylic acids is 1. The number of amides is 1. The number of aromatic nitrogens is 2. The van der Waals surface area contributed by atoms with Crippen molar-refractivity contribution in [1.82, 2.24) is 14.9 Å². The largest absolute Gasteiger partial charge is 0.490 e. The molecule has 2 rings (SSSR count). The Kier molecular flexibility index (Phi) is 14.2. The highest BCUT2D eigenvalue weighted by Crippen LogP contribution is 2.66. The molecule has 2 unspecified atom stereocenters. The lowest BCUT2D eigenvalue weighted by Gasteiger charge is -2.19. The second-order valence-corrected chi connectivity index (χ2v) is 15.1. The van der Waals surface area contributed by atoms with Crippen LogP contribution < -0.4 is 22.3 Å². The predicted molar refractivity (Wildman–Crippen MR) is 146 cm³/mol. The van der Waals surface area contributed by atoms with Crippen molar-refractivity contribution in [2.75, 3.05) is 31.2 Å². The molecule has 24 heteroatoms. The maximum atomic E-state index is 12.3. The molecule has 0 saturated carbocycles. The summed E-state index contributed by atoms with van der Waals surface area (Å²) < 4.78 is 52.1. The van der Waals surface area contributed by atoms with E-state index in [1.165, 1.54) is 22.9 Å². The SMILES string of the molecule is NCCSSCCC(=O)NC/C=C/c1cn([C@H]2C[C@H](O)[C@@H](COP(=O)(O)OP(=O)(O)OP(=O)(O)O)O2)c(=O)[nH]c1=O. The minimum absolute atomic E-state index is 0.00222. The van der Waals surface area contributed by atoms with Crippen LogP contribution in [0.4, 0.5) is 0 Å². The van der Waals surface area contributed by atoms with E-state index >= 15 is 0 Å². The number of phosphoric acid groups is 3. The van der Waals surface area contributed by atoms with Gasteiger partial charge < -0.3 is 40.5 Å². The number of aliphatic hydroxyl groups is 1. The first-order valence-electron chi connectivity index (χ1n) is 11.4. The summed E-state index contributed by atoms with van der Waals surface area (Å²) in [5.41, 5.74) is 3.74. The van der Waals surface area contributed by atoms with Gasteiger partial charge in [-0.2, -0.15) is 8.62 Å². The Balaban J connectivity index is 1.96. The van der Waals surface area contributed by atoms with E-state index in [9.17, 15) is 43.0 Å². The van der Waals surface area contributed by atoms with Crippen molar-refractivity contribution < 1.29 is 61.1 Å². The summed E-state index contributed by atoms with van der Waals surface area (Å²) in [6.45, 7) is -0.292. The van der Waals surface area contributed by atoms with E-state index in [0.717, 1.165) is 16.5 Å². The molecule has 9 N–H and O–H groups in total. The van der Waals surface area contributed by atoms with Gasteiger partial charge in [-0.05, 0) is 0 Å². The van der Waals surface area contributed by atoms with Gasteiger partial charge in [0.05, 0.1) is 18.3 Å². The number of hydrogen-bond acceptors (Lipinski definition) is 14. The highest BCUT2D eigenvalue weighted by molar-refractivity contribution is 8.76. The van der Waals surface area contributed by atoms with Crippen LogP contribution in [0.15, 0.2) is 21.9 Å². The van der Waals surface area contributed by atoms with E-state index in [2.05, 4.69) is 23.4 Å². The van der Waals surface area contributed by atoms with Crippen molar-refractivity contribution in [1.29, 1.82) is 0 Å². The quantitative estimate of drug-likeness (QED) is 0.0575. The molecule has 0 radical (unpaired) electrons. The number of aromatic amines is 1. The van der Waals surface area contributed by atoms with Crippen molar-refractivity contribution in [2.24, 2.45) is 5.73 Å². The number of ether oxygens (including phenoxy) is 1. The first-order chi connectivity index (χ1) is 19.0. The van der Waals surface area contributed by atoms with Gasteiger partial charge in [0.2, 0.25) is 5.91 Å². The van der Waals surface area contributed by atoms with E-state index in [4.69, 9.17) is 20.3 Å². The van der Waals surface area contributed by atoms with Crippen molar-refractivity contribution in [3.63, 3.8) is 0 Å². The van der Waals surface area contributed by atoms with E-state index in [1.807, 2.05) is 0 Å². The maximum absolute atomic E-state index is 12.3. The van der Waals surface area contributed by atoms with Gasteiger partial charge in [-0.1, -0.05) is 33.7 Å². The zero-order chi connectivity index (χ0) is 30.8. The van der Waals surface area contributed by atoms with Gasteiger partial charge >= 0.3 is 29.2 Å². The molecular weight excluding hydrogens is 657 g/mol. The number of nitrogens with two attached hydrogens (primary N) is 1.